The van der Waals surface area contributed by atoms with Crippen LogP contribution >= 0.6 is 11.8 Å². The molecule has 0 saturated heterocycles. The lowest BCUT2D eigenvalue weighted by atomic mass is 10.2. The van der Waals surface area contributed by atoms with Crippen LogP contribution in [-0.4, -0.2) is 17.7 Å². The van der Waals surface area contributed by atoms with Crippen LogP contribution in [0, 0.1) is 6.92 Å². The van der Waals surface area contributed by atoms with Gasteiger partial charge in [0.05, 0.1) is 12.2 Å². The molecule has 0 radical (unpaired) electrons. The van der Waals surface area contributed by atoms with Crippen LogP contribution in [0.3, 0.4) is 0 Å². The summed E-state index contributed by atoms with van der Waals surface area (Å²) in [7, 11) is 0. The van der Waals surface area contributed by atoms with Crippen molar-refractivity contribution in [2.75, 3.05) is 5.75 Å². The first kappa shape index (κ1) is 14.1. The number of rotatable bonds is 5. The van der Waals surface area contributed by atoms with Gasteiger partial charge in [0.25, 0.3) is 0 Å². The van der Waals surface area contributed by atoms with Gasteiger partial charge in [-0.1, -0.05) is 17.7 Å². The smallest absolute Gasteiger partial charge is 0.299 e. The fourth-order valence-electron chi connectivity index (χ4n) is 1.22. The summed E-state index contributed by atoms with van der Waals surface area (Å²) in [5, 5.41) is 0. The summed E-state index contributed by atoms with van der Waals surface area (Å²) in [6.45, 7) is 1.93. The molecular weight excluding hydrogens is 249 g/mol. The van der Waals surface area contributed by atoms with Crippen molar-refractivity contribution < 1.29 is 18.0 Å². The van der Waals surface area contributed by atoms with Gasteiger partial charge in [0, 0.05) is 11.3 Å². The van der Waals surface area contributed by atoms with Gasteiger partial charge >= 0.3 is 6.18 Å². The predicted molar refractivity (Wildman–Crippen MR) is 62.2 cm³/mol. The topological polar surface area (TPSA) is 17.1 Å². The third-order valence-electron chi connectivity index (χ3n) is 2.08. The van der Waals surface area contributed by atoms with Gasteiger partial charge in [0.15, 0.2) is 0 Å². The minimum Gasteiger partial charge on any atom is -0.299 e. The van der Waals surface area contributed by atoms with Gasteiger partial charge in [-0.05, 0) is 19.1 Å². The van der Waals surface area contributed by atoms with Gasteiger partial charge in [0.1, 0.15) is 5.78 Å². The second-order valence-electron chi connectivity index (χ2n) is 3.76. The van der Waals surface area contributed by atoms with Crippen molar-refractivity contribution in [1.82, 2.24) is 0 Å². The largest absolute Gasteiger partial charge is 0.389 e. The van der Waals surface area contributed by atoms with Crippen LogP contribution in [0.15, 0.2) is 29.2 Å². The number of hydrogen-bond acceptors (Lipinski definition) is 2. The maximum Gasteiger partial charge on any atom is 0.389 e. The number of ketones is 1. The molecule has 0 unspecified atom stereocenters. The normalized spacial score (nSPS) is 11.5. The molecule has 1 aromatic rings. The predicted octanol–water partition coefficient (Wildman–Crippen LogP) is 4.00. The second-order valence-corrected chi connectivity index (χ2v) is 4.81. The summed E-state index contributed by atoms with van der Waals surface area (Å²) in [6, 6.07) is 7.53. The van der Waals surface area contributed by atoms with E-state index in [4.69, 9.17) is 0 Å². The third-order valence-corrected chi connectivity index (χ3v) is 3.13. The first-order valence-electron chi connectivity index (χ1n) is 5.15. The molecule has 0 aliphatic rings. The number of hydrogen-bond donors (Lipinski definition) is 0. The van der Waals surface area contributed by atoms with E-state index in [0.717, 1.165) is 10.5 Å². The van der Waals surface area contributed by atoms with Crippen molar-refractivity contribution in [1.29, 1.82) is 0 Å². The average Bonchev–Trinajstić information content (AvgIpc) is 2.23. The lowest BCUT2D eigenvalue weighted by Crippen LogP contribution is -2.11. The van der Waals surface area contributed by atoms with E-state index in [-0.39, 0.29) is 11.5 Å². The van der Waals surface area contributed by atoms with Crippen LogP contribution in [0.2, 0.25) is 0 Å². The molecule has 0 aromatic heterocycles. The summed E-state index contributed by atoms with van der Waals surface area (Å²) < 4.78 is 35.6. The highest BCUT2D eigenvalue weighted by Gasteiger charge is 2.27. The number of benzene rings is 1. The molecule has 0 saturated carbocycles. The number of carbonyl (C=O) groups excluding carboxylic acids is 1. The van der Waals surface area contributed by atoms with Crippen LogP contribution < -0.4 is 0 Å². The Bertz CT molecular complexity index is 388. The first-order chi connectivity index (χ1) is 7.87. The van der Waals surface area contributed by atoms with Crippen molar-refractivity contribution >= 4 is 17.5 Å². The van der Waals surface area contributed by atoms with Crippen molar-refractivity contribution in [3.63, 3.8) is 0 Å². The highest BCUT2D eigenvalue weighted by molar-refractivity contribution is 8.00. The van der Waals surface area contributed by atoms with E-state index in [1.807, 2.05) is 31.2 Å². The van der Waals surface area contributed by atoms with E-state index in [1.165, 1.54) is 11.8 Å². The highest BCUT2D eigenvalue weighted by Crippen LogP contribution is 2.23. The monoisotopic (exact) mass is 262 g/mol. The van der Waals surface area contributed by atoms with Gasteiger partial charge in [0.2, 0.25) is 0 Å². The lowest BCUT2D eigenvalue weighted by Gasteiger charge is -2.05. The standard InChI is InChI=1S/C12H13F3OS/c1-9-3-2-4-11(7-9)17-8-10(16)5-6-12(13,14)15/h2-4,7H,5-6,8H2,1H3. The van der Waals surface area contributed by atoms with E-state index in [1.54, 1.807) is 0 Å². The van der Waals surface area contributed by atoms with Gasteiger partial charge in [-0.3, -0.25) is 4.79 Å². The molecule has 0 N–H and O–H groups in total. The van der Waals surface area contributed by atoms with E-state index in [9.17, 15) is 18.0 Å². The summed E-state index contributed by atoms with van der Waals surface area (Å²) in [5.41, 5.74) is 1.07. The van der Waals surface area contributed by atoms with E-state index in [0.29, 0.717) is 0 Å². The Balaban J connectivity index is 2.33. The molecule has 17 heavy (non-hydrogen) atoms. The molecule has 0 aliphatic heterocycles. The average molecular weight is 262 g/mol. The van der Waals surface area contributed by atoms with Crippen molar-refractivity contribution in [2.24, 2.45) is 0 Å². The summed E-state index contributed by atoms with van der Waals surface area (Å²) in [4.78, 5) is 12.1. The Morgan fingerprint density at radius 2 is 2.06 bits per heavy atom. The number of alkyl halides is 3. The number of carbonyl (C=O) groups is 1. The lowest BCUT2D eigenvalue weighted by molar-refractivity contribution is -0.142. The molecule has 1 nitrogen and oxygen atoms in total. The number of aryl methyl sites for hydroxylation is 1. The van der Waals surface area contributed by atoms with Crippen LogP contribution in [0.1, 0.15) is 18.4 Å². The van der Waals surface area contributed by atoms with Crippen LogP contribution in [-0.2, 0) is 4.79 Å². The van der Waals surface area contributed by atoms with Crippen LogP contribution in [0.4, 0.5) is 13.2 Å². The van der Waals surface area contributed by atoms with Crippen molar-refractivity contribution in [2.45, 2.75) is 30.8 Å². The van der Waals surface area contributed by atoms with Gasteiger partial charge in [-0.15, -0.1) is 11.8 Å². The molecule has 0 fully saturated rings. The number of halogens is 3. The SMILES string of the molecule is Cc1cccc(SCC(=O)CCC(F)(F)F)c1. The minimum atomic E-state index is -4.25. The molecule has 5 heteroatoms. The van der Waals surface area contributed by atoms with Crippen LogP contribution in [0.25, 0.3) is 0 Å². The van der Waals surface area contributed by atoms with Crippen LogP contribution in [0.5, 0.6) is 0 Å². The number of thioether (sulfide) groups is 1. The Hall–Kier alpha value is -0.970. The van der Waals surface area contributed by atoms with Crippen molar-refractivity contribution in [3.8, 4) is 0 Å². The quantitative estimate of drug-likeness (QED) is 0.746. The van der Waals surface area contributed by atoms with E-state index < -0.39 is 19.0 Å². The zero-order valence-corrected chi connectivity index (χ0v) is 10.2. The molecule has 0 heterocycles. The zero-order valence-electron chi connectivity index (χ0n) is 9.38. The summed E-state index contributed by atoms with van der Waals surface area (Å²) in [6.07, 6.45) is -5.70. The fourth-order valence-corrected chi connectivity index (χ4v) is 2.14. The van der Waals surface area contributed by atoms with E-state index in [2.05, 4.69) is 0 Å². The Morgan fingerprint density at radius 1 is 1.35 bits per heavy atom. The molecule has 0 spiro atoms. The molecule has 0 atom stereocenters. The van der Waals surface area contributed by atoms with Gasteiger partial charge < -0.3 is 0 Å². The molecule has 1 rings (SSSR count). The molecular formula is C12H13F3OS. The molecule has 0 bridgehead atoms. The Labute approximate surface area is 102 Å². The first-order valence-corrected chi connectivity index (χ1v) is 6.13. The van der Waals surface area contributed by atoms with Gasteiger partial charge in [-0.25, -0.2) is 0 Å². The Morgan fingerprint density at radius 3 is 2.65 bits per heavy atom. The Kier molecular flexibility index (Phi) is 5.05. The molecule has 0 aliphatic carbocycles. The second kappa shape index (κ2) is 6.10. The molecule has 1 aromatic carbocycles. The third kappa shape index (κ3) is 6.36. The fraction of sp³-hybridized carbons (Fsp3) is 0.417. The van der Waals surface area contributed by atoms with E-state index >= 15 is 0 Å². The maximum absolute atomic E-state index is 11.9. The zero-order chi connectivity index (χ0) is 12.9. The van der Waals surface area contributed by atoms with Gasteiger partial charge in [-0.2, -0.15) is 13.2 Å². The molecule has 0 amide bonds. The maximum atomic E-state index is 11.9. The molecule has 94 valence electrons. The number of Topliss-reactive ketones (excluding diaryl/α,β-unsaturated/α-hetero) is 1. The van der Waals surface area contributed by atoms with Crippen molar-refractivity contribution in [3.05, 3.63) is 29.8 Å². The highest BCUT2D eigenvalue weighted by atomic mass is 32.2. The summed E-state index contributed by atoms with van der Waals surface area (Å²) >= 11 is 1.28. The summed E-state index contributed by atoms with van der Waals surface area (Å²) in [5.74, 6) is -0.270. The minimum absolute atomic E-state index is 0.0968.